The van der Waals surface area contributed by atoms with Gasteiger partial charge in [0.25, 0.3) is 0 Å². The average molecular weight is 204 g/mol. The van der Waals surface area contributed by atoms with E-state index in [-0.39, 0.29) is 0 Å². The highest BCUT2D eigenvalue weighted by atomic mass is 32.1. The molecule has 1 aromatic heterocycles. The molecule has 0 atom stereocenters. The van der Waals surface area contributed by atoms with E-state index in [2.05, 4.69) is 11.9 Å². The quantitative estimate of drug-likeness (QED) is 0.749. The van der Waals surface area contributed by atoms with Crippen LogP contribution in [0.3, 0.4) is 0 Å². The van der Waals surface area contributed by atoms with Crippen molar-refractivity contribution in [1.29, 1.82) is 0 Å². The molecule has 1 radical (unpaired) electrons. The summed E-state index contributed by atoms with van der Waals surface area (Å²) in [5.74, 6) is 0.867. The molecule has 0 spiro atoms. The van der Waals surface area contributed by atoms with E-state index < -0.39 is 0 Å². The Labute approximate surface area is 86.9 Å². The van der Waals surface area contributed by atoms with Crippen LogP contribution in [0.2, 0.25) is 0 Å². The number of methoxy groups -OCH3 is 1. The Bertz CT molecular complexity index is 473. The first-order chi connectivity index (χ1) is 6.83. The minimum absolute atomic E-state index is 0.867. The smallest absolute Gasteiger partial charge is 0.120 e. The Hall–Kier alpha value is -1.35. The first kappa shape index (κ1) is 9.21. The lowest BCUT2D eigenvalue weighted by atomic mass is 10.3. The summed E-state index contributed by atoms with van der Waals surface area (Å²) in [5, 5.41) is 0.975. The van der Waals surface area contributed by atoms with E-state index in [1.54, 1.807) is 24.5 Å². The van der Waals surface area contributed by atoms with Gasteiger partial charge >= 0.3 is 0 Å². The average Bonchev–Trinajstić information content (AvgIpc) is 2.59. The molecular weight excluding hydrogens is 194 g/mol. The molecule has 0 saturated carbocycles. The highest BCUT2D eigenvalue weighted by Gasteiger charge is 2.01. The fourth-order valence-corrected chi connectivity index (χ4v) is 2.15. The number of nitrogens with zero attached hydrogens (tertiary/aromatic N) is 1. The fraction of sp³-hybridized carbons (Fsp3) is 0.0909. The summed E-state index contributed by atoms with van der Waals surface area (Å²) < 4.78 is 6.28. The van der Waals surface area contributed by atoms with Crippen LogP contribution in [0.5, 0.6) is 5.75 Å². The van der Waals surface area contributed by atoms with Crippen LogP contribution in [-0.2, 0) is 0 Å². The number of ether oxygens (including phenoxy) is 1. The summed E-state index contributed by atoms with van der Waals surface area (Å²) >= 11 is 1.63. The Balaban J connectivity index is 2.54. The molecule has 71 valence electrons. The van der Waals surface area contributed by atoms with Gasteiger partial charge in [0, 0.05) is 0 Å². The predicted molar refractivity (Wildman–Crippen MR) is 60.6 cm³/mol. The largest absolute Gasteiger partial charge is 0.497 e. The lowest BCUT2D eigenvalue weighted by Crippen LogP contribution is -1.80. The SMILES string of the molecule is [CH2]/C=C\c1nc2ccc(OC)cc2s1. The summed E-state index contributed by atoms with van der Waals surface area (Å²) in [6.45, 7) is 3.65. The Kier molecular flexibility index (Phi) is 2.50. The molecule has 0 aliphatic carbocycles. The van der Waals surface area contributed by atoms with Gasteiger partial charge in [-0.15, -0.1) is 11.3 Å². The molecule has 0 aliphatic rings. The van der Waals surface area contributed by atoms with Crippen LogP contribution in [0.4, 0.5) is 0 Å². The molecule has 0 fully saturated rings. The highest BCUT2D eigenvalue weighted by molar-refractivity contribution is 7.19. The molecule has 1 aromatic carbocycles. The highest BCUT2D eigenvalue weighted by Crippen LogP contribution is 2.26. The van der Waals surface area contributed by atoms with Gasteiger partial charge in [-0.3, -0.25) is 0 Å². The zero-order valence-corrected chi connectivity index (χ0v) is 8.67. The topological polar surface area (TPSA) is 22.1 Å². The van der Waals surface area contributed by atoms with Gasteiger partial charge in [-0.05, 0) is 31.2 Å². The molecule has 0 saturated heterocycles. The van der Waals surface area contributed by atoms with Crippen molar-refractivity contribution < 1.29 is 4.74 Å². The number of hydrogen-bond acceptors (Lipinski definition) is 3. The van der Waals surface area contributed by atoms with Gasteiger partial charge < -0.3 is 4.74 Å². The molecule has 0 unspecified atom stereocenters. The van der Waals surface area contributed by atoms with Gasteiger partial charge in [0.15, 0.2) is 0 Å². The third-order valence-electron chi connectivity index (χ3n) is 1.87. The number of hydrogen-bond donors (Lipinski definition) is 0. The maximum atomic E-state index is 5.14. The first-order valence-electron chi connectivity index (χ1n) is 4.24. The van der Waals surface area contributed by atoms with Crippen LogP contribution in [-0.4, -0.2) is 12.1 Å². The second kappa shape index (κ2) is 3.80. The van der Waals surface area contributed by atoms with Crippen molar-refractivity contribution in [3.63, 3.8) is 0 Å². The number of thiazole rings is 1. The zero-order valence-electron chi connectivity index (χ0n) is 7.86. The van der Waals surface area contributed by atoms with Crippen molar-refractivity contribution in [1.82, 2.24) is 4.98 Å². The maximum absolute atomic E-state index is 5.14. The number of rotatable bonds is 2. The van der Waals surface area contributed by atoms with E-state index in [4.69, 9.17) is 4.74 Å². The van der Waals surface area contributed by atoms with Crippen LogP contribution in [0.1, 0.15) is 5.01 Å². The van der Waals surface area contributed by atoms with Crippen molar-refractivity contribution in [2.75, 3.05) is 7.11 Å². The van der Waals surface area contributed by atoms with Crippen LogP contribution >= 0.6 is 11.3 Å². The minimum atomic E-state index is 0.867. The van der Waals surface area contributed by atoms with Crippen molar-refractivity contribution in [3.8, 4) is 5.75 Å². The van der Waals surface area contributed by atoms with Crippen LogP contribution < -0.4 is 4.74 Å². The molecule has 0 aliphatic heterocycles. The van der Waals surface area contributed by atoms with E-state index in [1.165, 1.54) is 0 Å². The molecule has 1 heterocycles. The van der Waals surface area contributed by atoms with Crippen molar-refractivity contribution in [2.45, 2.75) is 0 Å². The summed E-state index contributed by atoms with van der Waals surface area (Å²) in [7, 11) is 1.67. The third-order valence-corrected chi connectivity index (χ3v) is 2.86. The number of aromatic nitrogens is 1. The molecule has 0 bridgehead atoms. The van der Waals surface area contributed by atoms with Gasteiger partial charge in [-0.2, -0.15) is 0 Å². The summed E-state index contributed by atoms with van der Waals surface area (Å²) in [6.07, 6.45) is 3.64. The van der Waals surface area contributed by atoms with Crippen molar-refractivity contribution >= 4 is 27.6 Å². The lowest BCUT2D eigenvalue weighted by Gasteiger charge is -1.96. The number of benzene rings is 1. The van der Waals surface area contributed by atoms with Crippen LogP contribution in [0.15, 0.2) is 24.3 Å². The molecule has 2 nitrogen and oxygen atoms in total. The summed E-state index contributed by atoms with van der Waals surface area (Å²) in [6, 6.07) is 5.87. The Morgan fingerprint density at radius 2 is 2.36 bits per heavy atom. The molecule has 3 heteroatoms. The number of allylic oxidation sites excluding steroid dienone is 1. The third kappa shape index (κ3) is 1.63. The second-order valence-electron chi connectivity index (χ2n) is 2.79. The van der Waals surface area contributed by atoms with E-state index in [0.717, 1.165) is 21.0 Å². The summed E-state index contributed by atoms with van der Waals surface area (Å²) in [5.41, 5.74) is 1.00. The fourth-order valence-electron chi connectivity index (χ4n) is 1.22. The van der Waals surface area contributed by atoms with Gasteiger partial charge in [-0.25, -0.2) is 4.98 Å². The number of fused-ring (bicyclic) bond motifs is 1. The van der Waals surface area contributed by atoms with Crippen LogP contribution in [0.25, 0.3) is 16.3 Å². The van der Waals surface area contributed by atoms with E-state index in [9.17, 15) is 0 Å². The maximum Gasteiger partial charge on any atom is 0.120 e. The lowest BCUT2D eigenvalue weighted by molar-refractivity contribution is 0.415. The van der Waals surface area contributed by atoms with E-state index >= 15 is 0 Å². The Morgan fingerprint density at radius 3 is 3.07 bits per heavy atom. The monoisotopic (exact) mass is 204 g/mol. The molecule has 0 N–H and O–H groups in total. The first-order valence-corrected chi connectivity index (χ1v) is 5.05. The van der Waals surface area contributed by atoms with E-state index in [0.29, 0.717) is 0 Å². The molecule has 14 heavy (non-hydrogen) atoms. The van der Waals surface area contributed by atoms with Gasteiger partial charge in [0.2, 0.25) is 0 Å². The van der Waals surface area contributed by atoms with Gasteiger partial charge in [0.1, 0.15) is 10.8 Å². The minimum Gasteiger partial charge on any atom is -0.497 e. The molecule has 2 rings (SSSR count). The van der Waals surface area contributed by atoms with Crippen LogP contribution in [0, 0.1) is 6.92 Å². The molecule has 2 aromatic rings. The molecular formula is C11H10NOS. The normalized spacial score (nSPS) is 11.3. The van der Waals surface area contributed by atoms with Crippen molar-refractivity contribution in [2.24, 2.45) is 0 Å². The summed E-state index contributed by atoms with van der Waals surface area (Å²) in [4.78, 5) is 4.41. The Morgan fingerprint density at radius 1 is 1.50 bits per heavy atom. The standard InChI is InChI=1S/C11H10NOS/c1-3-4-11-12-9-6-5-8(13-2)7-10(9)14-11/h3-7H,1H2,2H3/b4-3-. The zero-order chi connectivity index (χ0) is 9.97. The van der Waals surface area contributed by atoms with Crippen molar-refractivity contribution in [3.05, 3.63) is 36.2 Å². The van der Waals surface area contributed by atoms with E-state index in [1.807, 2.05) is 24.3 Å². The second-order valence-corrected chi connectivity index (χ2v) is 3.85. The van der Waals surface area contributed by atoms with Gasteiger partial charge in [-0.1, -0.05) is 6.08 Å². The van der Waals surface area contributed by atoms with Gasteiger partial charge in [0.05, 0.1) is 17.3 Å². The predicted octanol–water partition coefficient (Wildman–Crippen LogP) is 3.15. The molecule has 0 amide bonds.